The monoisotopic (exact) mass is 490 g/mol. The van der Waals surface area contributed by atoms with Crippen molar-refractivity contribution in [2.75, 3.05) is 51.4 Å². The lowest BCUT2D eigenvalue weighted by molar-refractivity contribution is 0.415. The van der Waals surface area contributed by atoms with Crippen LogP contribution in [-0.4, -0.2) is 28.4 Å². The van der Waals surface area contributed by atoms with Crippen molar-refractivity contribution in [2.24, 2.45) is 0 Å². The maximum Gasteiger partial charge on any atom is 0.142 e. The average Bonchev–Trinajstić information content (AvgIpc) is 2.91. The number of benzene rings is 4. The van der Waals surface area contributed by atoms with E-state index in [0.29, 0.717) is 22.9 Å². The predicted molar refractivity (Wildman–Crippen MR) is 149 cm³/mol. The van der Waals surface area contributed by atoms with Gasteiger partial charge in [-0.15, -0.1) is 0 Å². The van der Waals surface area contributed by atoms with E-state index in [1.807, 2.05) is 60.7 Å². The lowest BCUT2D eigenvalue weighted by Gasteiger charge is -2.10. The van der Waals surface area contributed by atoms with Crippen LogP contribution in [0.4, 0.5) is 22.7 Å². The largest absolute Gasteiger partial charge is 0.497 e. The molecular formula is C28H34N4O4. The van der Waals surface area contributed by atoms with Gasteiger partial charge in [-0.05, 0) is 83.9 Å². The van der Waals surface area contributed by atoms with Gasteiger partial charge in [0.15, 0.2) is 0 Å². The van der Waals surface area contributed by atoms with Crippen LogP contribution in [0.15, 0.2) is 84.9 Å². The maximum absolute atomic E-state index is 5.79. The van der Waals surface area contributed by atoms with Gasteiger partial charge in [-0.2, -0.15) is 0 Å². The molecule has 0 radical (unpaired) electrons. The van der Waals surface area contributed by atoms with Gasteiger partial charge < -0.3 is 41.9 Å². The molecule has 0 fully saturated rings. The van der Waals surface area contributed by atoms with Crippen LogP contribution in [0.25, 0.3) is 11.1 Å². The number of methoxy groups -OCH3 is 4. The maximum atomic E-state index is 5.79. The normalized spacial score (nSPS) is 9.56. The zero-order valence-corrected chi connectivity index (χ0v) is 21.0. The topological polar surface area (TPSA) is 141 Å². The van der Waals surface area contributed by atoms with E-state index in [9.17, 15) is 0 Å². The Morgan fingerprint density at radius 3 is 1.03 bits per heavy atom. The fraction of sp³-hybridized carbons (Fsp3) is 0.143. The molecule has 0 heterocycles. The molecule has 0 saturated heterocycles. The third-order valence-electron chi connectivity index (χ3n) is 5.03. The number of hydrogen-bond donors (Lipinski definition) is 4. The first-order valence-electron chi connectivity index (χ1n) is 11.0. The Bertz CT molecular complexity index is 1120. The molecule has 0 aliphatic carbocycles. The Morgan fingerprint density at radius 1 is 0.417 bits per heavy atom. The summed E-state index contributed by atoms with van der Waals surface area (Å²) in [7, 11) is 6.45. The predicted octanol–water partition coefficient (Wildman–Crippen LogP) is 5.09. The van der Waals surface area contributed by atoms with Gasteiger partial charge in [0.05, 0.1) is 39.8 Å². The van der Waals surface area contributed by atoms with Crippen LogP contribution in [0.5, 0.6) is 23.0 Å². The van der Waals surface area contributed by atoms with Gasteiger partial charge in [0.2, 0.25) is 0 Å². The molecule has 4 aromatic carbocycles. The summed E-state index contributed by atoms with van der Waals surface area (Å²) in [5.41, 5.74) is 27.2. The minimum absolute atomic E-state index is 0.615. The summed E-state index contributed by atoms with van der Waals surface area (Å²) in [6.07, 6.45) is 0. The molecule has 0 aromatic heterocycles. The SMILES string of the molecule is COc1cc(-c2ccc(N)c(OC)c2)ccc1N.COc1ccc(N)cc1.COc1ccc(N)cc1. The molecule has 0 aliphatic heterocycles. The molecule has 190 valence electrons. The van der Waals surface area contributed by atoms with Crippen molar-refractivity contribution in [3.8, 4) is 34.1 Å². The van der Waals surface area contributed by atoms with Crippen LogP contribution in [-0.2, 0) is 0 Å². The molecule has 0 saturated carbocycles. The van der Waals surface area contributed by atoms with E-state index in [0.717, 1.165) is 34.0 Å². The molecule has 8 heteroatoms. The minimum Gasteiger partial charge on any atom is -0.497 e. The van der Waals surface area contributed by atoms with E-state index in [-0.39, 0.29) is 0 Å². The summed E-state index contributed by atoms with van der Waals surface area (Å²) in [6.45, 7) is 0. The molecular weight excluding hydrogens is 456 g/mol. The van der Waals surface area contributed by atoms with Crippen molar-refractivity contribution in [3.63, 3.8) is 0 Å². The first-order valence-corrected chi connectivity index (χ1v) is 11.0. The van der Waals surface area contributed by atoms with Crippen LogP contribution in [0.1, 0.15) is 0 Å². The standard InChI is InChI=1S/C14H16N2O2.2C7H9NO/c1-17-13-7-9(3-5-11(13)15)10-4-6-12(16)14(8-10)18-2;2*1-9-7-4-2-6(8)3-5-7/h3-8H,15-16H2,1-2H3;2*2-5H,8H2,1H3. The van der Waals surface area contributed by atoms with E-state index in [2.05, 4.69) is 0 Å². The van der Waals surface area contributed by atoms with Crippen molar-refractivity contribution < 1.29 is 18.9 Å². The lowest BCUT2D eigenvalue weighted by Crippen LogP contribution is -1.94. The second-order valence-corrected chi connectivity index (χ2v) is 7.46. The summed E-state index contributed by atoms with van der Waals surface area (Å²) in [4.78, 5) is 0. The number of ether oxygens (including phenoxy) is 4. The summed E-state index contributed by atoms with van der Waals surface area (Å²) >= 11 is 0. The molecule has 4 rings (SSSR count). The Labute approximate surface area is 212 Å². The van der Waals surface area contributed by atoms with E-state index in [1.165, 1.54) is 0 Å². The second-order valence-electron chi connectivity index (χ2n) is 7.46. The molecule has 0 amide bonds. The Hall–Kier alpha value is -4.72. The Kier molecular flexibility index (Phi) is 10.6. The third kappa shape index (κ3) is 8.25. The highest BCUT2D eigenvalue weighted by molar-refractivity contribution is 5.73. The van der Waals surface area contributed by atoms with Gasteiger partial charge in [-0.1, -0.05) is 12.1 Å². The number of hydrogen-bond acceptors (Lipinski definition) is 8. The molecule has 4 aromatic rings. The second kappa shape index (κ2) is 13.9. The summed E-state index contributed by atoms with van der Waals surface area (Å²) < 4.78 is 20.2. The van der Waals surface area contributed by atoms with Crippen LogP contribution < -0.4 is 41.9 Å². The highest BCUT2D eigenvalue weighted by Gasteiger charge is 2.06. The van der Waals surface area contributed by atoms with E-state index in [4.69, 9.17) is 41.9 Å². The molecule has 0 unspecified atom stereocenters. The van der Waals surface area contributed by atoms with E-state index >= 15 is 0 Å². The smallest absolute Gasteiger partial charge is 0.142 e. The van der Waals surface area contributed by atoms with Crippen molar-refractivity contribution in [1.29, 1.82) is 0 Å². The van der Waals surface area contributed by atoms with E-state index < -0.39 is 0 Å². The number of nitrogens with two attached hydrogens (primary N) is 4. The van der Waals surface area contributed by atoms with Crippen LogP contribution in [0.3, 0.4) is 0 Å². The molecule has 36 heavy (non-hydrogen) atoms. The van der Waals surface area contributed by atoms with Gasteiger partial charge in [0.1, 0.15) is 23.0 Å². The highest BCUT2D eigenvalue weighted by Crippen LogP contribution is 2.32. The molecule has 0 bridgehead atoms. The molecule has 8 nitrogen and oxygen atoms in total. The van der Waals surface area contributed by atoms with Gasteiger partial charge >= 0.3 is 0 Å². The Morgan fingerprint density at radius 2 is 0.750 bits per heavy atom. The van der Waals surface area contributed by atoms with Gasteiger partial charge in [-0.25, -0.2) is 0 Å². The van der Waals surface area contributed by atoms with Crippen molar-refractivity contribution >= 4 is 22.7 Å². The fourth-order valence-electron chi connectivity index (χ4n) is 2.99. The van der Waals surface area contributed by atoms with Crippen molar-refractivity contribution in [2.45, 2.75) is 0 Å². The zero-order chi connectivity index (χ0) is 26.5. The van der Waals surface area contributed by atoms with Crippen molar-refractivity contribution in [3.05, 3.63) is 84.9 Å². The number of nitrogen functional groups attached to an aromatic ring is 4. The lowest BCUT2D eigenvalue weighted by atomic mass is 10.0. The number of rotatable bonds is 5. The van der Waals surface area contributed by atoms with Gasteiger partial charge in [0.25, 0.3) is 0 Å². The van der Waals surface area contributed by atoms with Gasteiger partial charge in [-0.3, -0.25) is 0 Å². The molecule has 0 spiro atoms. The zero-order valence-electron chi connectivity index (χ0n) is 21.0. The van der Waals surface area contributed by atoms with E-state index in [1.54, 1.807) is 52.7 Å². The van der Waals surface area contributed by atoms with Crippen LogP contribution in [0.2, 0.25) is 0 Å². The molecule has 0 atom stereocenters. The van der Waals surface area contributed by atoms with Gasteiger partial charge in [0, 0.05) is 11.4 Å². The summed E-state index contributed by atoms with van der Waals surface area (Å²) in [5.74, 6) is 2.99. The Balaban J connectivity index is 0.000000212. The molecule has 8 N–H and O–H groups in total. The average molecular weight is 491 g/mol. The van der Waals surface area contributed by atoms with Crippen molar-refractivity contribution in [1.82, 2.24) is 0 Å². The van der Waals surface area contributed by atoms with Crippen LogP contribution in [0, 0.1) is 0 Å². The minimum atomic E-state index is 0.615. The molecule has 0 aliphatic rings. The third-order valence-corrected chi connectivity index (χ3v) is 5.03. The van der Waals surface area contributed by atoms with Crippen LogP contribution >= 0.6 is 0 Å². The number of anilines is 4. The summed E-state index contributed by atoms with van der Waals surface area (Å²) in [5, 5.41) is 0. The highest BCUT2D eigenvalue weighted by atomic mass is 16.5. The summed E-state index contributed by atoms with van der Waals surface area (Å²) in [6, 6.07) is 25.8. The first kappa shape index (κ1) is 27.5. The fourth-order valence-corrected chi connectivity index (χ4v) is 2.99. The quantitative estimate of drug-likeness (QED) is 0.284. The first-order chi connectivity index (χ1) is 17.3.